The lowest BCUT2D eigenvalue weighted by molar-refractivity contribution is 0.680. The fraction of sp³-hybridized carbons (Fsp3) is 0.150. The number of para-hydroxylation sites is 1. The van der Waals surface area contributed by atoms with Gasteiger partial charge in [0.15, 0.2) is 0 Å². The number of aryl methyl sites for hydroxylation is 1. The van der Waals surface area contributed by atoms with Gasteiger partial charge in [0.2, 0.25) is 0 Å². The van der Waals surface area contributed by atoms with Crippen LogP contribution in [0.2, 0.25) is 0 Å². The molecule has 2 aromatic carbocycles. The molecule has 0 unspecified atom stereocenters. The zero-order chi connectivity index (χ0) is 16.5. The predicted octanol–water partition coefficient (Wildman–Crippen LogP) is 4.11. The molecule has 0 aliphatic rings. The third kappa shape index (κ3) is 2.72. The van der Waals surface area contributed by atoms with Gasteiger partial charge in [-0.25, -0.2) is 4.98 Å². The van der Waals surface area contributed by atoms with E-state index in [4.69, 9.17) is 10.7 Å². The third-order valence-electron chi connectivity index (χ3n) is 4.38. The van der Waals surface area contributed by atoms with Crippen LogP contribution in [0.15, 0.2) is 60.9 Å². The number of nitrogens with one attached hydrogen (secondary N) is 2. The SMILES string of the molecule is Cc1cccc(-c2c[nH]c([C@@H](N)Cc3c[nH]c4ccccc34)n2)c1. The zero-order valence-corrected chi connectivity index (χ0v) is 13.6. The lowest BCUT2D eigenvalue weighted by atomic mass is 10.1. The summed E-state index contributed by atoms with van der Waals surface area (Å²) < 4.78 is 0. The van der Waals surface area contributed by atoms with E-state index in [1.807, 2.05) is 30.6 Å². The fourth-order valence-corrected chi connectivity index (χ4v) is 3.11. The molecule has 2 heterocycles. The number of nitrogens with zero attached hydrogens (tertiary/aromatic N) is 1. The largest absolute Gasteiger partial charge is 0.361 e. The Bertz CT molecular complexity index is 980. The van der Waals surface area contributed by atoms with E-state index in [1.54, 1.807) is 0 Å². The molecule has 0 amide bonds. The summed E-state index contributed by atoms with van der Waals surface area (Å²) in [6.45, 7) is 2.08. The molecule has 0 aliphatic heterocycles. The molecule has 0 bridgehead atoms. The van der Waals surface area contributed by atoms with E-state index in [0.29, 0.717) is 0 Å². The van der Waals surface area contributed by atoms with Gasteiger partial charge < -0.3 is 15.7 Å². The number of aromatic amines is 2. The molecule has 4 nitrogen and oxygen atoms in total. The van der Waals surface area contributed by atoms with Crippen molar-refractivity contribution in [2.75, 3.05) is 0 Å². The van der Waals surface area contributed by atoms with Crippen LogP contribution in [0, 0.1) is 6.92 Å². The number of benzene rings is 2. The zero-order valence-electron chi connectivity index (χ0n) is 13.6. The monoisotopic (exact) mass is 316 g/mol. The van der Waals surface area contributed by atoms with Crippen molar-refractivity contribution in [3.05, 3.63) is 77.9 Å². The number of fused-ring (bicyclic) bond motifs is 1. The van der Waals surface area contributed by atoms with Gasteiger partial charge in [0.1, 0.15) is 5.82 Å². The molecular formula is C20H20N4. The predicted molar refractivity (Wildman–Crippen MR) is 97.7 cm³/mol. The second-order valence-corrected chi connectivity index (χ2v) is 6.21. The molecule has 24 heavy (non-hydrogen) atoms. The summed E-state index contributed by atoms with van der Waals surface area (Å²) >= 11 is 0. The number of hydrogen-bond acceptors (Lipinski definition) is 2. The Morgan fingerprint density at radius 2 is 1.92 bits per heavy atom. The van der Waals surface area contributed by atoms with Crippen LogP contribution in [0.25, 0.3) is 22.2 Å². The van der Waals surface area contributed by atoms with E-state index in [0.717, 1.165) is 29.0 Å². The minimum Gasteiger partial charge on any atom is -0.361 e. The number of rotatable bonds is 4. The van der Waals surface area contributed by atoms with Gasteiger partial charge in [-0.1, -0.05) is 42.0 Å². The van der Waals surface area contributed by atoms with Gasteiger partial charge in [-0.2, -0.15) is 0 Å². The van der Waals surface area contributed by atoms with Crippen molar-refractivity contribution < 1.29 is 0 Å². The summed E-state index contributed by atoms with van der Waals surface area (Å²) in [5, 5.41) is 1.22. The van der Waals surface area contributed by atoms with Crippen molar-refractivity contribution in [2.24, 2.45) is 5.73 Å². The van der Waals surface area contributed by atoms with E-state index < -0.39 is 0 Å². The van der Waals surface area contributed by atoms with E-state index in [2.05, 4.69) is 47.2 Å². The number of H-pyrrole nitrogens is 2. The van der Waals surface area contributed by atoms with Crippen molar-refractivity contribution in [1.29, 1.82) is 0 Å². The Kier molecular flexibility index (Phi) is 3.67. The lowest BCUT2D eigenvalue weighted by Gasteiger charge is -2.08. The van der Waals surface area contributed by atoms with Gasteiger partial charge in [-0.15, -0.1) is 0 Å². The minimum absolute atomic E-state index is 0.164. The topological polar surface area (TPSA) is 70.5 Å². The first kappa shape index (κ1) is 14.7. The molecule has 1 atom stereocenters. The van der Waals surface area contributed by atoms with Crippen molar-refractivity contribution in [2.45, 2.75) is 19.4 Å². The number of hydrogen-bond donors (Lipinski definition) is 3. The van der Waals surface area contributed by atoms with Crippen molar-refractivity contribution >= 4 is 10.9 Å². The molecule has 0 fully saturated rings. The normalized spacial score (nSPS) is 12.6. The number of aromatic nitrogens is 3. The van der Waals surface area contributed by atoms with Crippen LogP contribution < -0.4 is 5.73 Å². The Labute approximate surface area is 140 Å². The minimum atomic E-state index is -0.164. The molecule has 120 valence electrons. The summed E-state index contributed by atoms with van der Waals surface area (Å²) in [4.78, 5) is 11.2. The summed E-state index contributed by atoms with van der Waals surface area (Å²) in [6.07, 6.45) is 4.71. The molecule has 2 aromatic heterocycles. The van der Waals surface area contributed by atoms with Crippen LogP contribution in [0.5, 0.6) is 0 Å². The molecule has 0 saturated heterocycles. The van der Waals surface area contributed by atoms with Crippen molar-refractivity contribution in [3.8, 4) is 11.3 Å². The number of imidazole rings is 1. The maximum atomic E-state index is 6.39. The van der Waals surface area contributed by atoms with Gasteiger partial charge >= 0.3 is 0 Å². The Balaban J connectivity index is 1.58. The van der Waals surface area contributed by atoms with Crippen LogP contribution in [-0.4, -0.2) is 15.0 Å². The maximum absolute atomic E-state index is 6.39. The van der Waals surface area contributed by atoms with Gasteiger partial charge in [0.25, 0.3) is 0 Å². The molecular weight excluding hydrogens is 296 g/mol. The fourth-order valence-electron chi connectivity index (χ4n) is 3.11. The summed E-state index contributed by atoms with van der Waals surface area (Å²) in [7, 11) is 0. The first-order valence-corrected chi connectivity index (χ1v) is 8.13. The van der Waals surface area contributed by atoms with Gasteiger partial charge in [0.05, 0.1) is 11.7 Å². The standard InChI is InChI=1S/C20H20N4/c1-13-5-4-6-14(9-13)19-12-23-20(24-19)17(21)10-15-11-22-18-8-3-2-7-16(15)18/h2-9,11-12,17,22H,10,21H2,1H3,(H,23,24)/t17-/m0/s1. The van der Waals surface area contributed by atoms with E-state index in [9.17, 15) is 0 Å². The van der Waals surface area contributed by atoms with E-state index >= 15 is 0 Å². The molecule has 4 N–H and O–H groups in total. The molecule has 0 aliphatic carbocycles. The smallest absolute Gasteiger partial charge is 0.124 e. The highest BCUT2D eigenvalue weighted by atomic mass is 15.0. The Morgan fingerprint density at radius 3 is 2.79 bits per heavy atom. The summed E-state index contributed by atoms with van der Waals surface area (Å²) in [5.74, 6) is 0.816. The molecule has 4 aromatic rings. The van der Waals surface area contributed by atoms with Crippen LogP contribution in [0.1, 0.15) is 23.0 Å². The molecule has 0 saturated carbocycles. The Hall–Kier alpha value is -2.85. The van der Waals surface area contributed by atoms with Gasteiger partial charge in [0, 0.05) is 28.9 Å². The van der Waals surface area contributed by atoms with E-state index in [1.165, 1.54) is 16.5 Å². The van der Waals surface area contributed by atoms with E-state index in [-0.39, 0.29) is 6.04 Å². The molecule has 0 spiro atoms. The van der Waals surface area contributed by atoms with Crippen LogP contribution >= 0.6 is 0 Å². The van der Waals surface area contributed by atoms with Crippen molar-refractivity contribution in [3.63, 3.8) is 0 Å². The third-order valence-corrected chi connectivity index (χ3v) is 4.38. The highest BCUT2D eigenvalue weighted by Crippen LogP contribution is 2.24. The van der Waals surface area contributed by atoms with Crippen LogP contribution in [-0.2, 0) is 6.42 Å². The molecule has 4 heteroatoms. The lowest BCUT2D eigenvalue weighted by Crippen LogP contribution is -2.14. The van der Waals surface area contributed by atoms with Gasteiger partial charge in [-0.3, -0.25) is 0 Å². The van der Waals surface area contributed by atoms with Crippen LogP contribution in [0.4, 0.5) is 0 Å². The quantitative estimate of drug-likeness (QED) is 0.530. The second-order valence-electron chi connectivity index (χ2n) is 6.21. The van der Waals surface area contributed by atoms with Crippen molar-refractivity contribution in [1.82, 2.24) is 15.0 Å². The Morgan fingerprint density at radius 1 is 1.04 bits per heavy atom. The average molecular weight is 316 g/mol. The average Bonchev–Trinajstić information content (AvgIpc) is 3.23. The highest BCUT2D eigenvalue weighted by Gasteiger charge is 2.14. The molecule has 0 radical (unpaired) electrons. The summed E-state index contributed by atoms with van der Waals surface area (Å²) in [5.41, 5.74) is 12.0. The summed E-state index contributed by atoms with van der Waals surface area (Å²) in [6, 6.07) is 16.4. The first-order valence-electron chi connectivity index (χ1n) is 8.13. The molecule has 4 rings (SSSR count). The van der Waals surface area contributed by atoms with Crippen LogP contribution in [0.3, 0.4) is 0 Å². The highest BCUT2D eigenvalue weighted by molar-refractivity contribution is 5.83. The first-order chi connectivity index (χ1) is 11.7. The second kappa shape index (κ2) is 5.98. The number of nitrogens with two attached hydrogens (primary N) is 1. The van der Waals surface area contributed by atoms with Gasteiger partial charge in [-0.05, 0) is 31.0 Å². The maximum Gasteiger partial charge on any atom is 0.124 e.